The van der Waals surface area contributed by atoms with Crippen LogP contribution in [0.25, 0.3) is 0 Å². The van der Waals surface area contributed by atoms with E-state index < -0.39 is 0 Å². The highest BCUT2D eigenvalue weighted by Crippen LogP contribution is 2.36. The van der Waals surface area contributed by atoms with E-state index in [9.17, 15) is 0 Å². The third-order valence-corrected chi connectivity index (χ3v) is 3.34. The maximum Gasteiger partial charge on any atom is 0.180 e. The van der Waals surface area contributed by atoms with Gasteiger partial charge in [0.1, 0.15) is 12.9 Å². The lowest BCUT2D eigenvalue weighted by Crippen LogP contribution is -2.08. The Morgan fingerprint density at radius 1 is 1.38 bits per heavy atom. The Morgan fingerprint density at radius 3 is 2.86 bits per heavy atom. The molecule has 1 aromatic carbocycles. The van der Waals surface area contributed by atoms with Gasteiger partial charge in [-0.25, -0.2) is 9.67 Å². The third kappa shape index (κ3) is 3.65. The predicted octanol–water partition coefficient (Wildman–Crippen LogP) is 2.04. The number of hydrogen-bond donors (Lipinski definition) is 1. The molecule has 0 aliphatic heterocycles. The minimum atomic E-state index is 0.278. The number of aromatic nitrogens is 3. The molecule has 21 heavy (non-hydrogen) atoms. The molecule has 0 radical (unpaired) electrons. The van der Waals surface area contributed by atoms with Crippen molar-refractivity contribution in [2.24, 2.45) is 5.73 Å². The lowest BCUT2D eigenvalue weighted by molar-refractivity contribution is 0.270. The normalized spacial score (nSPS) is 10.7. The Kier molecular flexibility index (Phi) is 5.41. The molecular formula is C14H19ClN4O2. The number of methoxy groups -OCH3 is 1. The Balaban J connectivity index is 2.19. The molecule has 0 bridgehead atoms. The highest BCUT2D eigenvalue weighted by molar-refractivity contribution is 6.32. The Bertz CT molecular complexity index is 601. The number of hydrogen-bond acceptors (Lipinski definition) is 5. The van der Waals surface area contributed by atoms with Crippen LogP contribution in [0.15, 0.2) is 18.5 Å². The summed E-state index contributed by atoms with van der Waals surface area (Å²) in [4.78, 5) is 4.16. The van der Waals surface area contributed by atoms with Crippen molar-refractivity contribution in [1.82, 2.24) is 14.8 Å². The Morgan fingerprint density at radius 2 is 2.19 bits per heavy atom. The monoisotopic (exact) mass is 310 g/mol. The van der Waals surface area contributed by atoms with Gasteiger partial charge in [-0.15, -0.1) is 0 Å². The summed E-state index contributed by atoms with van der Waals surface area (Å²) in [5, 5.41) is 4.60. The van der Waals surface area contributed by atoms with E-state index in [4.69, 9.17) is 26.8 Å². The summed E-state index contributed by atoms with van der Waals surface area (Å²) in [7, 11) is 1.58. The summed E-state index contributed by atoms with van der Waals surface area (Å²) < 4.78 is 12.9. The predicted molar refractivity (Wildman–Crippen MR) is 80.8 cm³/mol. The molecular weight excluding hydrogens is 292 g/mol. The zero-order chi connectivity index (χ0) is 15.2. The molecule has 1 heterocycles. The molecule has 0 unspecified atom stereocenters. The fourth-order valence-corrected chi connectivity index (χ4v) is 2.31. The van der Waals surface area contributed by atoms with Crippen LogP contribution in [0.2, 0.25) is 5.02 Å². The lowest BCUT2D eigenvalue weighted by atomic mass is 10.1. The van der Waals surface area contributed by atoms with Crippen LogP contribution < -0.4 is 15.2 Å². The van der Waals surface area contributed by atoms with Crippen molar-refractivity contribution in [1.29, 1.82) is 0 Å². The minimum Gasteiger partial charge on any atom is -0.493 e. The van der Waals surface area contributed by atoms with Crippen molar-refractivity contribution in [3.8, 4) is 11.5 Å². The van der Waals surface area contributed by atoms with Gasteiger partial charge in [-0.1, -0.05) is 11.6 Å². The summed E-state index contributed by atoms with van der Waals surface area (Å²) in [6.45, 7) is 3.56. The van der Waals surface area contributed by atoms with Crippen LogP contribution in [0.3, 0.4) is 0 Å². The fourth-order valence-electron chi connectivity index (χ4n) is 2.03. The Labute approximate surface area is 128 Å². The average Bonchev–Trinajstić information content (AvgIpc) is 2.93. The number of aryl methyl sites for hydroxylation is 1. The van der Waals surface area contributed by atoms with Gasteiger partial charge in [-0.2, -0.15) is 5.10 Å². The molecule has 0 atom stereocenters. The van der Waals surface area contributed by atoms with Gasteiger partial charge in [-0.3, -0.25) is 0 Å². The average molecular weight is 311 g/mol. The topological polar surface area (TPSA) is 75.2 Å². The molecule has 0 saturated heterocycles. The van der Waals surface area contributed by atoms with E-state index in [0.29, 0.717) is 23.1 Å². The quantitative estimate of drug-likeness (QED) is 0.847. The van der Waals surface area contributed by atoms with Crippen molar-refractivity contribution in [3.63, 3.8) is 0 Å². The summed E-state index contributed by atoms with van der Waals surface area (Å²) in [6, 6.07) is 3.73. The van der Waals surface area contributed by atoms with E-state index >= 15 is 0 Å². The molecule has 1 aromatic heterocycles. The summed E-state index contributed by atoms with van der Waals surface area (Å²) in [6.07, 6.45) is 2.24. The highest BCUT2D eigenvalue weighted by atomic mass is 35.5. The molecule has 0 aliphatic rings. The van der Waals surface area contributed by atoms with Crippen molar-refractivity contribution in [3.05, 3.63) is 34.9 Å². The summed E-state index contributed by atoms with van der Waals surface area (Å²) >= 11 is 6.27. The van der Waals surface area contributed by atoms with Crippen molar-refractivity contribution in [2.75, 3.05) is 13.7 Å². The van der Waals surface area contributed by atoms with Gasteiger partial charge in [-0.05, 0) is 37.6 Å². The first kappa shape index (κ1) is 15.6. The maximum absolute atomic E-state index is 6.27. The van der Waals surface area contributed by atoms with Crippen LogP contribution in [0, 0.1) is 0 Å². The second-order valence-electron chi connectivity index (χ2n) is 4.43. The number of halogens is 1. The van der Waals surface area contributed by atoms with E-state index in [1.165, 1.54) is 6.33 Å². The van der Waals surface area contributed by atoms with Crippen molar-refractivity contribution >= 4 is 11.6 Å². The third-order valence-electron chi connectivity index (χ3n) is 3.06. The molecule has 2 N–H and O–H groups in total. The zero-order valence-corrected chi connectivity index (χ0v) is 12.9. The van der Waals surface area contributed by atoms with Gasteiger partial charge in [0.15, 0.2) is 17.3 Å². The molecule has 114 valence electrons. The smallest absolute Gasteiger partial charge is 0.180 e. The molecule has 0 aliphatic carbocycles. The maximum atomic E-state index is 6.27. The largest absolute Gasteiger partial charge is 0.493 e. The van der Waals surface area contributed by atoms with E-state index in [1.54, 1.807) is 11.8 Å². The SMILES string of the molecule is CCn1ncnc1COc1c(Cl)cc(CCN)cc1OC. The second-order valence-corrected chi connectivity index (χ2v) is 4.84. The Hall–Kier alpha value is -1.79. The molecule has 2 rings (SSSR count). The molecule has 0 fully saturated rings. The minimum absolute atomic E-state index is 0.278. The van der Waals surface area contributed by atoms with Gasteiger partial charge < -0.3 is 15.2 Å². The van der Waals surface area contributed by atoms with E-state index in [-0.39, 0.29) is 6.61 Å². The van der Waals surface area contributed by atoms with Crippen LogP contribution in [-0.2, 0) is 19.6 Å². The lowest BCUT2D eigenvalue weighted by Gasteiger charge is -2.14. The van der Waals surface area contributed by atoms with E-state index in [0.717, 1.165) is 24.4 Å². The molecule has 0 amide bonds. The first-order valence-electron chi connectivity index (χ1n) is 6.75. The number of nitrogens with zero attached hydrogens (tertiary/aromatic N) is 3. The molecule has 0 spiro atoms. The highest BCUT2D eigenvalue weighted by Gasteiger charge is 2.13. The standard InChI is InChI=1S/C14H19ClN4O2/c1-3-19-13(17-9-18-19)8-21-14-11(15)6-10(4-5-16)7-12(14)20-2/h6-7,9H,3-5,8,16H2,1-2H3. The van der Waals surface area contributed by atoms with Crippen LogP contribution in [-0.4, -0.2) is 28.4 Å². The van der Waals surface area contributed by atoms with Crippen molar-refractivity contribution < 1.29 is 9.47 Å². The van der Waals surface area contributed by atoms with Crippen LogP contribution in [0.1, 0.15) is 18.3 Å². The van der Waals surface area contributed by atoms with E-state index in [1.807, 2.05) is 19.1 Å². The fraction of sp³-hybridized carbons (Fsp3) is 0.429. The number of rotatable bonds is 7. The molecule has 0 saturated carbocycles. The molecule has 7 heteroatoms. The number of ether oxygens (including phenoxy) is 2. The van der Waals surface area contributed by atoms with Gasteiger partial charge >= 0.3 is 0 Å². The molecule has 6 nitrogen and oxygen atoms in total. The number of nitrogens with two attached hydrogens (primary N) is 1. The number of benzene rings is 1. The zero-order valence-electron chi connectivity index (χ0n) is 12.2. The summed E-state index contributed by atoms with van der Waals surface area (Å²) in [5.41, 5.74) is 6.58. The van der Waals surface area contributed by atoms with Gasteiger partial charge in [0.05, 0.1) is 12.1 Å². The van der Waals surface area contributed by atoms with Gasteiger partial charge in [0.25, 0.3) is 0 Å². The first-order valence-corrected chi connectivity index (χ1v) is 7.13. The second kappa shape index (κ2) is 7.28. The molecule has 2 aromatic rings. The van der Waals surface area contributed by atoms with Crippen molar-refractivity contribution in [2.45, 2.75) is 26.5 Å². The van der Waals surface area contributed by atoms with Crippen LogP contribution >= 0.6 is 11.6 Å². The van der Waals surface area contributed by atoms with Crippen LogP contribution in [0.4, 0.5) is 0 Å². The van der Waals surface area contributed by atoms with Gasteiger partial charge in [0, 0.05) is 6.54 Å². The van der Waals surface area contributed by atoms with Crippen LogP contribution in [0.5, 0.6) is 11.5 Å². The summed E-state index contributed by atoms with van der Waals surface area (Å²) in [5.74, 6) is 1.83. The van der Waals surface area contributed by atoms with E-state index in [2.05, 4.69) is 10.1 Å². The van der Waals surface area contributed by atoms with Gasteiger partial charge in [0.2, 0.25) is 0 Å². The first-order chi connectivity index (χ1) is 10.2.